The molecule has 0 saturated carbocycles. The summed E-state index contributed by atoms with van der Waals surface area (Å²) in [6.07, 6.45) is 0. The van der Waals surface area contributed by atoms with Gasteiger partial charge in [-0.3, -0.25) is 4.21 Å². The van der Waals surface area contributed by atoms with Crippen molar-refractivity contribution in [2.75, 3.05) is 12.5 Å². The molecular weight excluding hydrogens is 250 g/mol. The number of ether oxygens (including phenoxy) is 2. The summed E-state index contributed by atoms with van der Waals surface area (Å²) in [5, 5.41) is 0. The zero-order valence-electron chi connectivity index (χ0n) is 10.9. The molecule has 18 heavy (non-hydrogen) atoms. The minimum Gasteiger partial charge on any atom is -0.454 e. The van der Waals surface area contributed by atoms with E-state index in [0.29, 0.717) is 11.5 Å². The Kier molecular flexibility index (Phi) is 3.64. The Hall–Kier alpha value is -1.07. The van der Waals surface area contributed by atoms with Crippen LogP contribution >= 0.6 is 0 Å². The predicted molar refractivity (Wildman–Crippen MR) is 72.3 cm³/mol. The number of hydrogen-bond acceptors (Lipinski definition) is 4. The summed E-state index contributed by atoms with van der Waals surface area (Å²) in [4.78, 5) is 0. The maximum Gasteiger partial charge on any atom is 0.231 e. The molecule has 0 spiro atoms. The Morgan fingerprint density at radius 3 is 2.67 bits per heavy atom. The van der Waals surface area contributed by atoms with E-state index in [1.54, 1.807) is 0 Å². The van der Waals surface area contributed by atoms with Gasteiger partial charge < -0.3 is 15.2 Å². The van der Waals surface area contributed by atoms with E-state index in [4.69, 9.17) is 15.2 Å². The molecule has 4 nitrogen and oxygen atoms in total. The molecule has 1 heterocycles. The topological polar surface area (TPSA) is 61.6 Å². The van der Waals surface area contributed by atoms with Gasteiger partial charge in [0.05, 0.1) is 0 Å². The first-order chi connectivity index (χ1) is 8.38. The van der Waals surface area contributed by atoms with Crippen LogP contribution < -0.4 is 15.2 Å². The van der Waals surface area contributed by atoms with Crippen molar-refractivity contribution in [3.8, 4) is 11.5 Å². The highest BCUT2D eigenvalue weighted by molar-refractivity contribution is 7.86. The second-order valence-corrected chi connectivity index (χ2v) is 7.59. The van der Waals surface area contributed by atoms with E-state index in [9.17, 15) is 4.21 Å². The van der Waals surface area contributed by atoms with Gasteiger partial charge in [0.25, 0.3) is 0 Å². The lowest BCUT2D eigenvalue weighted by Gasteiger charge is -2.21. The largest absolute Gasteiger partial charge is 0.454 e. The molecular formula is C13H19NO3S. The first-order valence-electron chi connectivity index (χ1n) is 5.91. The molecule has 5 heteroatoms. The van der Waals surface area contributed by atoms with E-state index in [1.165, 1.54) is 0 Å². The van der Waals surface area contributed by atoms with Crippen molar-refractivity contribution < 1.29 is 13.7 Å². The predicted octanol–water partition coefficient (Wildman–Crippen LogP) is 1.96. The molecule has 0 saturated heterocycles. The molecule has 1 aliphatic heterocycles. The zero-order chi connectivity index (χ0) is 13.3. The number of benzene rings is 1. The average Bonchev–Trinajstić information content (AvgIpc) is 2.74. The number of fused-ring (bicyclic) bond motifs is 1. The Morgan fingerprint density at radius 2 is 2.00 bits per heavy atom. The van der Waals surface area contributed by atoms with Gasteiger partial charge in [0.1, 0.15) is 0 Å². The molecule has 2 N–H and O–H groups in total. The second-order valence-electron chi connectivity index (χ2n) is 5.34. The third-order valence-electron chi connectivity index (χ3n) is 2.84. The van der Waals surface area contributed by atoms with E-state index in [-0.39, 0.29) is 17.6 Å². The first-order valence-corrected chi connectivity index (χ1v) is 7.23. The molecule has 2 rings (SSSR count). The first kappa shape index (κ1) is 13.4. The van der Waals surface area contributed by atoms with Crippen LogP contribution in [0.5, 0.6) is 11.5 Å². The molecule has 2 unspecified atom stereocenters. The van der Waals surface area contributed by atoms with Gasteiger partial charge in [-0.15, -0.1) is 0 Å². The van der Waals surface area contributed by atoms with E-state index >= 15 is 0 Å². The van der Waals surface area contributed by atoms with Crippen molar-refractivity contribution >= 4 is 10.8 Å². The second kappa shape index (κ2) is 4.90. The van der Waals surface area contributed by atoms with Crippen molar-refractivity contribution in [3.63, 3.8) is 0 Å². The number of rotatable bonds is 3. The molecule has 0 amide bonds. The Morgan fingerprint density at radius 1 is 1.33 bits per heavy atom. The Bertz CT molecular complexity index is 468. The quantitative estimate of drug-likeness (QED) is 0.911. The van der Waals surface area contributed by atoms with Crippen molar-refractivity contribution in [1.29, 1.82) is 0 Å². The van der Waals surface area contributed by atoms with Crippen LogP contribution in [0.2, 0.25) is 0 Å². The smallest absolute Gasteiger partial charge is 0.231 e. The SMILES string of the molecule is CC(C)(C)S(=O)CC(N)c1ccc2c(c1)OCO2. The molecule has 0 radical (unpaired) electrons. The lowest BCUT2D eigenvalue weighted by atomic mass is 10.1. The summed E-state index contributed by atoms with van der Waals surface area (Å²) in [5.74, 6) is 1.90. The monoisotopic (exact) mass is 269 g/mol. The summed E-state index contributed by atoms with van der Waals surface area (Å²) < 4.78 is 22.4. The van der Waals surface area contributed by atoms with Crippen LogP contribution in [-0.4, -0.2) is 21.5 Å². The lowest BCUT2D eigenvalue weighted by molar-refractivity contribution is 0.174. The minimum atomic E-state index is -0.963. The van der Waals surface area contributed by atoms with Gasteiger partial charge in [0, 0.05) is 27.3 Å². The fourth-order valence-corrected chi connectivity index (χ4v) is 2.67. The van der Waals surface area contributed by atoms with Gasteiger partial charge in [-0.25, -0.2) is 0 Å². The van der Waals surface area contributed by atoms with Crippen LogP contribution in [0.1, 0.15) is 32.4 Å². The van der Waals surface area contributed by atoms with Gasteiger partial charge >= 0.3 is 0 Å². The van der Waals surface area contributed by atoms with Crippen LogP contribution in [0.15, 0.2) is 18.2 Å². The molecule has 1 aromatic carbocycles. The maximum absolute atomic E-state index is 12.1. The number of hydrogen-bond donors (Lipinski definition) is 1. The fraction of sp³-hybridized carbons (Fsp3) is 0.538. The van der Waals surface area contributed by atoms with Crippen LogP contribution in [0.4, 0.5) is 0 Å². The standard InChI is InChI=1S/C13H19NO3S/c1-13(2,3)18(15)7-10(14)9-4-5-11-12(6-9)17-8-16-11/h4-6,10H,7-8,14H2,1-3H3. The highest BCUT2D eigenvalue weighted by atomic mass is 32.2. The highest BCUT2D eigenvalue weighted by Crippen LogP contribution is 2.34. The third kappa shape index (κ3) is 2.84. The summed E-state index contributed by atoms with van der Waals surface area (Å²) in [6.45, 7) is 6.11. The van der Waals surface area contributed by atoms with E-state index < -0.39 is 10.8 Å². The van der Waals surface area contributed by atoms with E-state index in [1.807, 2.05) is 39.0 Å². The Labute approximate surface area is 110 Å². The van der Waals surface area contributed by atoms with Crippen LogP contribution in [0, 0.1) is 0 Å². The molecule has 1 aromatic rings. The van der Waals surface area contributed by atoms with Gasteiger partial charge in [0.2, 0.25) is 6.79 Å². The van der Waals surface area contributed by atoms with Gasteiger partial charge in [0.15, 0.2) is 11.5 Å². The lowest BCUT2D eigenvalue weighted by Crippen LogP contribution is -2.29. The summed E-state index contributed by atoms with van der Waals surface area (Å²) in [7, 11) is -0.963. The molecule has 0 aliphatic carbocycles. The average molecular weight is 269 g/mol. The number of nitrogens with two attached hydrogens (primary N) is 1. The summed E-state index contributed by atoms with van der Waals surface area (Å²) in [6, 6.07) is 5.36. The van der Waals surface area contributed by atoms with E-state index in [0.717, 1.165) is 11.3 Å². The normalized spacial score (nSPS) is 17.6. The minimum absolute atomic E-state index is 0.242. The molecule has 2 atom stereocenters. The van der Waals surface area contributed by atoms with Crippen LogP contribution in [-0.2, 0) is 10.8 Å². The van der Waals surface area contributed by atoms with Crippen molar-refractivity contribution in [1.82, 2.24) is 0 Å². The summed E-state index contributed by atoms with van der Waals surface area (Å²) >= 11 is 0. The molecule has 0 aromatic heterocycles. The molecule has 100 valence electrons. The van der Waals surface area contributed by atoms with Crippen molar-refractivity contribution in [3.05, 3.63) is 23.8 Å². The fourth-order valence-electron chi connectivity index (χ4n) is 1.65. The highest BCUT2D eigenvalue weighted by Gasteiger charge is 2.23. The van der Waals surface area contributed by atoms with Crippen molar-refractivity contribution in [2.24, 2.45) is 5.73 Å². The van der Waals surface area contributed by atoms with Crippen LogP contribution in [0.25, 0.3) is 0 Å². The molecule has 0 fully saturated rings. The molecule has 1 aliphatic rings. The molecule has 0 bridgehead atoms. The van der Waals surface area contributed by atoms with E-state index in [2.05, 4.69) is 0 Å². The zero-order valence-corrected chi connectivity index (χ0v) is 11.8. The third-order valence-corrected chi connectivity index (χ3v) is 4.87. The van der Waals surface area contributed by atoms with Gasteiger partial charge in [-0.2, -0.15) is 0 Å². The maximum atomic E-state index is 12.1. The van der Waals surface area contributed by atoms with Gasteiger partial charge in [-0.05, 0) is 38.5 Å². The Balaban J connectivity index is 2.10. The van der Waals surface area contributed by atoms with Crippen molar-refractivity contribution in [2.45, 2.75) is 31.6 Å². The summed E-state index contributed by atoms with van der Waals surface area (Å²) in [5.41, 5.74) is 7.02. The van der Waals surface area contributed by atoms with Crippen LogP contribution in [0.3, 0.4) is 0 Å². The van der Waals surface area contributed by atoms with Gasteiger partial charge in [-0.1, -0.05) is 6.07 Å².